The third kappa shape index (κ3) is 3.22. The molecule has 0 saturated carbocycles. The van der Waals surface area contributed by atoms with E-state index in [0.717, 1.165) is 31.8 Å². The Balaban J connectivity index is 2.11. The zero-order valence-corrected chi connectivity index (χ0v) is 15.0. The van der Waals surface area contributed by atoms with Crippen LogP contribution in [0.25, 0.3) is 11.0 Å². The number of piperidine rings is 1. The van der Waals surface area contributed by atoms with Crippen LogP contribution in [0.5, 0.6) is 0 Å². The van der Waals surface area contributed by atoms with E-state index in [1.54, 1.807) is 6.20 Å². The number of fused-ring (bicyclic) bond motifs is 1. The predicted molar refractivity (Wildman–Crippen MR) is 97.1 cm³/mol. The molecule has 3 heterocycles. The maximum atomic E-state index is 12.9. The maximum absolute atomic E-state index is 12.9. The smallest absolute Gasteiger partial charge is 0.280 e. The van der Waals surface area contributed by atoms with E-state index in [-0.39, 0.29) is 11.6 Å². The Morgan fingerprint density at radius 2 is 2.21 bits per heavy atom. The van der Waals surface area contributed by atoms with E-state index >= 15 is 0 Å². The highest BCUT2D eigenvalue weighted by atomic mass is 16.1. The molecule has 130 valence electrons. The molecule has 0 aliphatic carbocycles. The molecule has 5 nitrogen and oxygen atoms in total. The molecule has 0 aromatic carbocycles. The summed E-state index contributed by atoms with van der Waals surface area (Å²) in [6, 6.07) is 3.97. The number of nitrogens with zero attached hydrogens (tertiary/aromatic N) is 4. The number of hydrogen-bond acceptors (Lipinski definition) is 4. The average Bonchev–Trinajstić information content (AvgIpc) is 2.59. The van der Waals surface area contributed by atoms with Crippen molar-refractivity contribution in [2.45, 2.75) is 59.0 Å². The van der Waals surface area contributed by atoms with Gasteiger partial charge in [-0.2, -0.15) is 0 Å². The molecule has 1 aliphatic rings. The van der Waals surface area contributed by atoms with Crippen molar-refractivity contribution in [3.05, 3.63) is 34.5 Å². The van der Waals surface area contributed by atoms with Gasteiger partial charge in [-0.25, -0.2) is 9.97 Å². The van der Waals surface area contributed by atoms with E-state index in [1.807, 2.05) is 23.6 Å². The van der Waals surface area contributed by atoms with Crippen LogP contribution in [0.4, 0.5) is 0 Å². The first-order valence-corrected chi connectivity index (χ1v) is 9.25. The van der Waals surface area contributed by atoms with Gasteiger partial charge < -0.3 is 0 Å². The summed E-state index contributed by atoms with van der Waals surface area (Å²) in [6.45, 7) is 9.37. The van der Waals surface area contributed by atoms with Crippen LogP contribution in [-0.2, 0) is 6.54 Å². The molecule has 1 aliphatic heterocycles. The topological polar surface area (TPSA) is 51.0 Å². The van der Waals surface area contributed by atoms with Crippen molar-refractivity contribution in [3.8, 4) is 0 Å². The van der Waals surface area contributed by atoms with Gasteiger partial charge in [-0.15, -0.1) is 0 Å². The Kier molecular flexibility index (Phi) is 5.29. The largest absolute Gasteiger partial charge is 0.294 e. The summed E-state index contributed by atoms with van der Waals surface area (Å²) in [5, 5.41) is 0. The minimum atomic E-state index is -0.00994. The molecule has 2 atom stereocenters. The lowest BCUT2D eigenvalue weighted by molar-refractivity contribution is 0.115. The second-order valence-corrected chi connectivity index (χ2v) is 6.94. The van der Waals surface area contributed by atoms with Crippen molar-refractivity contribution in [3.63, 3.8) is 0 Å². The Hall–Kier alpha value is -1.75. The second kappa shape index (κ2) is 7.43. The van der Waals surface area contributed by atoms with E-state index in [4.69, 9.17) is 4.98 Å². The predicted octanol–water partition coefficient (Wildman–Crippen LogP) is 3.38. The summed E-state index contributed by atoms with van der Waals surface area (Å²) in [7, 11) is 0. The van der Waals surface area contributed by atoms with E-state index in [1.165, 1.54) is 12.8 Å². The standard InChI is InChI=1S/C19H28N4O/c1-4-8-16(22-12-7-9-14(3)13-22)18-21-15-10-6-11-20-17(15)19(24)23(18)5-2/h6,10-11,14,16H,4-5,7-9,12-13H2,1-3H3/t14-,16-/m1/s1. The first kappa shape index (κ1) is 17.1. The van der Waals surface area contributed by atoms with E-state index in [0.29, 0.717) is 23.5 Å². The summed E-state index contributed by atoms with van der Waals surface area (Å²) in [5.41, 5.74) is 1.18. The maximum Gasteiger partial charge on any atom is 0.280 e. The summed E-state index contributed by atoms with van der Waals surface area (Å²) in [4.78, 5) is 24.5. The number of hydrogen-bond donors (Lipinski definition) is 0. The highest BCUT2D eigenvalue weighted by Crippen LogP contribution is 2.29. The normalized spacial score (nSPS) is 20.4. The fraction of sp³-hybridized carbons (Fsp3) is 0.632. The fourth-order valence-electron chi connectivity index (χ4n) is 3.88. The Bertz CT molecular complexity index is 755. The molecule has 0 radical (unpaired) electrons. The SMILES string of the molecule is CCC[C@H](c1nc2cccnc2c(=O)n1CC)N1CCC[C@@H](C)C1. The van der Waals surface area contributed by atoms with Gasteiger partial charge in [0.15, 0.2) is 5.52 Å². The molecule has 2 aromatic heterocycles. The number of pyridine rings is 1. The van der Waals surface area contributed by atoms with Gasteiger partial charge in [0.1, 0.15) is 5.82 Å². The lowest BCUT2D eigenvalue weighted by Gasteiger charge is -2.37. The fourth-order valence-corrected chi connectivity index (χ4v) is 3.88. The van der Waals surface area contributed by atoms with Crippen LogP contribution in [0.1, 0.15) is 58.3 Å². The molecule has 0 spiro atoms. The molecule has 5 heteroatoms. The quantitative estimate of drug-likeness (QED) is 0.844. The van der Waals surface area contributed by atoms with Gasteiger partial charge in [0.2, 0.25) is 0 Å². The molecular formula is C19H28N4O. The van der Waals surface area contributed by atoms with E-state index in [2.05, 4.69) is 23.7 Å². The summed E-state index contributed by atoms with van der Waals surface area (Å²) < 4.78 is 1.83. The second-order valence-electron chi connectivity index (χ2n) is 6.94. The Morgan fingerprint density at radius 3 is 2.92 bits per heavy atom. The minimum Gasteiger partial charge on any atom is -0.294 e. The van der Waals surface area contributed by atoms with Gasteiger partial charge in [0, 0.05) is 19.3 Å². The molecule has 0 amide bonds. The van der Waals surface area contributed by atoms with E-state index in [9.17, 15) is 4.79 Å². The van der Waals surface area contributed by atoms with Gasteiger partial charge in [-0.1, -0.05) is 20.3 Å². The van der Waals surface area contributed by atoms with Crippen molar-refractivity contribution in [2.24, 2.45) is 5.92 Å². The number of rotatable bonds is 5. The number of likely N-dealkylation sites (tertiary alicyclic amines) is 1. The monoisotopic (exact) mass is 328 g/mol. The van der Waals surface area contributed by atoms with Gasteiger partial charge in [-0.3, -0.25) is 14.3 Å². The Labute approximate surface area is 143 Å². The molecule has 1 fully saturated rings. The molecule has 1 saturated heterocycles. The zero-order valence-electron chi connectivity index (χ0n) is 15.0. The van der Waals surface area contributed by atoms with Gasteiger partial charge in [0.05, 0.1) is 11.6 Å². The molecule has 3 rings (SSSR count). The van der Waals surface area contributed by atoms with Crippen molar-refractivity contribution >= 4 is 11.0 Å². The summed E-state index contributed by atoms with van der Waals surface area (Å²) in [5.74, 6) is 1.63. The lowest BCUT2D eigenvalue weighted by atomic mass is 9.97. The third-order valence-corrected chi connectivity index (χ3v) is 5.05. The van der Waals surface area contributed by atoms with Crippen molar-refractivity contribution in [2.75, 3.05) is 13.1 Å². The van der Waals surface area contributed by atoms with Crippen LogP contribution in [0.2, 0.25) is 0 Å². The van der Waals surface area contributed by atoms with Crippen LogP contribution in [0.3, 0.4) is 0 Å². The molecule has 0 N–H and O–H groups in total. The van der Waals surface area contributed by atoms with Crippen LogP contribution < -0.4 is 5.56 Å². The van der Waals surface area contributed by atoms with Crippen LogP contribution >= 0.6 is 0 Å². The van der Waals surface area contributed by atoms with Crippen molar-refractivity contribution in [1.82, 2.24) is 19.4 Å². The molecule has 0 unspecified atom stereocenters. The van der Waals surface area contributed by atoms with Crippen LogP contribution in [0.15, 0.2) is 23.1 Å². The van der Waals surface area contributed by atoms with Crippen molar-refractivity contribution < 1.29 is 0 Å². The lowest BCUT2D eigenvalue weighted by Crippen LogP contribution is -2.40. The first-order chi connectivity index (χ1) is 11.7. The van der Waals surface area contributed by atoms with E-state index < -0.39 is 0 Å². The zero-order chi connectivity index (χ0) is 17.1. The Morgan fingerprint density at radius 1 is 1.38 bits per heavy atom. The molecule has 0 bridgehead atoms. The number of aromatic nitrogens is 3. The summed E-state index contributed by atoms with van der Waals surface area (Å²) in [6.07, 6.45) is 6.31. The highest BCUT2D eigenvalue weighted by Gasteiger charge is 2.28. The van der Waals surface area contributed by atoms with Gasteiger partial charge >= 0.3 is 0 Å². The minimum absolute atomic E-state index is 0.00994. The third-order valence-electron chi connectivity index (χ3n) is 5.05. The molecular weight excluding hydrogens is 300 g/mol. The van der Waals surface area contributed by atoms with Crippen molar-refractivity contribution in [1.29, 1.82) is 0 Å². The van der Waals surface area contributed by atoms with Gasteiger partial charge in [0.25, 0.3) is 5.56 Å². The van der Waals surface area contributed by atoms with Crippen LogP contribution in [-0.4, -0.2) is 32.5 Å². The summed E-state index contributed by atoms with van der Waals surface area (Å²) >= 11 is 0. The molecule has 2 aromatic rings. The molecule has 24 heavy (non-hydrogen) atoms. The first-order valence-electron chi connectivity index (χ1n) is 9.25. The highest BCUT2D eigenvalue weighted by molar-refractivity contribution is 5.72. The average molecular weight is 328 g/mol. The van der Waals surface area contributed by atoms with Gasteiger partial charge in [-0.05, 0) is 50.8 Å². The van der Waals surface area contributed by atoms with Crippen LogP contribution in [0, 0.1) is 5.92 Å².